The molecule has 11 heteroatoms. The number of aromatic nitrogens is 4. The lowest BCUT2D eigenvalue weighted by Crippen LogP contribution is -2.52. The first kappa shape index (κ1) is 24.1. The average molecular weight is 514 g/mol. The molecule has 0 amide bonds. The predicted octanol–water partition coefficient (Wildman–Crippen LogP) is 4.43. The summed E-state index contributed by atoms with van der Waals surface area (Å²) in [6, 6.07) is 3.63. The summed E-state index contributed by atoms with van der Waals surface area (Å²) in [5, 5.41) is 14.9. The van der Waals surface area contributed by atoms with Crippen LogP contribution in [0, 0.1) is 5.41 Å². The van der Waals surface area contributed by atoms with E-state index in [-0.39, 0.29) is 18.9 Å². The zero-order valence-electron chi connectivity index (χ0n) is 21.0. The zero-order chi connectivity index (χ0) is 26.2. The highest BCUT2D eigenvalue weighted by Crippen LogP contribution is 2.65. The van der Waals surface area contributed by atoms with E-state index in [2.05, 4.69) is 39.1 Å². The Morgan fingerprint density at radius 1 is 1.03 bits per heavy atom. The Labute approximate surface area is 213 Å². The molecule has 1 aliphatic carbocycles. The largest absolute Gasteiger partial charge is 0.390 e. The highest BCUT2D eigenvalue weighted by atomic mass is 19.3. The number of nitrogens with one attached hydrogen (secondary N) is 1. The maximum Gasteiger partial charge on any atom is 0.258 e. The van der Waals surface area contributed by atoms with E-state index in [9.17, 15) is 18.3 Å². The Morgan fingerprint density at radius 3 is 2.46 bits per heavy atom. The van der Waals surface area contributed by atoms with Crippen LogP contribution in [0.3, 0.4) is 0 Å². The summed E-state index contributed by atoms with van der Waals surface area (Å²) < 4.78 is 42.2. The summed E-state index contributed by atoms with van der Waals surface area (Å²) in [6.07, 6.45) is 4.39. The second-order valence-corrected chi connectivity index (χ2v) is 11.2. The van der Waals surface area contributed by atoms with E-state index in [1.165, 1.54) is 6.92 Å². The van der Waals surface area contributed by atoms with Gasteiger partial charge >= 0.3 is 0 Å². The molecule has 3 aromatic heterocycles. The normalized spacial score (nSPS) is 26.0. The number of aliphatic hydroxyl groups is 1. The lowest BCUT2D eigenvalue weighted by Gasteiger charge is -2.41. The summed E-state index contributed by atoms with van der Waals surface area (Å²) in [6.45, 7) is 6.61. The summed E-state index contributed by atoms with van der Waals surface area (Å²) >= 11 is 0. The van der Waals surface area contributed by atoms with E-state index in [0.717, 1.165) is 16.3 Å². The minimum absolute atomic E-state index is 0.00306. The Kier molecular flexibility index (Phi) is 5.31. The van der Waals surface area contributed by atoms with Crippen LogP contribution in [-0.2, 0) is 0 Å². The van der Waals surface area contributed by atoms with Gasteiger partial charge in [0.1, 0.15) is 17.5 Å². The van der Waals surface area contributed by atoms with Crippen LogP contribution < -0.4 is 15.1 Å². The zero-order valence-corrected chi connectivity index (χ0v) is 21.0. The van der Waals surface area contributed by atoms with Gasteiger partial charge in [0.25, 0.3) is 5.92 Å². The Hall–Kier alpha value is -3.21. The maximum absolute atomic E-state index is 14.7. The SMILES string of the molecule is CC(C)c1cnc(N2CC3(C2)CC3(F)F)c2cnc(Nc3ccnc(N4CC[C@@H](O)[C@@](C)(F)C4)n3)cc12. The van der Waals surface area contributed by atoms with Gasteiger partial charge in [-0.15, -0.1) is 0 Å². The van der Waals surface area contributed by atoms with Crippen LogP contribution in [0.1, 0.15) is 45.1 Å². The van der Waals surface area contributed by atoms with Crippen molar-refractivity contribution in [1.82, 2.24) is 19.9 Å². The molecular weight excluding hydrogens is 483 g/mol. The number of piperidine rings is 1. The summed E-state index contributed by atoms with van der Waals surface area (Å²) in [5.41, 5.74) is -1.59. The fraction of sp³-hybridized carbons (Fsp3) is 0.538. The molecule has 0 radical (unpaired) electrons. The molecule has 0 aromatic carbocycles. The second kappa shape index (κ2) is 8.14. The predicted molar refractivity (Wildman–Crippen MR) is 136 cm³/mol. The molecule has 1 saturated carbocycles. The third-order valence-corrected chi connectivity index (χ3v) is 7.95. The van der Waals surface area contributed by atoms with Gasteiger partial charge < -0.3 is 20.2 Å². The van der Waals surface area contributed by atoms with Crippen molar-refractivity contribution < 1.29 is 18.3 Å². The van der Waals surface area contributed by atoms with Gasteiger partial charge in [-0.3, -0.25) is 0 Å². The topological polar surface area (TPSA) is 90.3 Å². The number of rotatable bonds is 5. The number of halogens is 3. The fourth-order valence-corrected chi connectivity index (χ4v) is 5.49. The lowest BCUT2D eigenvalue weighted by atomic mass is 9.94. The molecule has 2 aliphatic heterocycles. The Balaban J connectivity index is 1.27. The molecular formula is C26H30F3N7O. The number of anilines is 4. The lowest BCUT2D eigenvalue weighted by molar-refractivity contribution is -0.00860. The van der Waals surface area contributed by atoms with Crippen molar-refractivity contribution >= 4 is 34.2 Å². The van der Waals surface area contributed by atoms with Crippen molar-refractivity contribution in [3.8, 4) is 0 Å². The van der Waals surface area contributed by atoms with Gasteiger partial charge in [0, 0.05) is 50.0 Å². The van der Waals surface area contributed by atoms with Gasteiger partial charge in [0.05, 0.1) is 18.1 Å². The van der Waals surface area contributed by atoms with Gasteiger partial charge in [-0.25, -0.2) is 28.1 Å². The third-order valence-electron chi connectivity index (χ3n) is 7.95. The molecule has 0 unspecified atom stereocenters. The molecule has 6 rings (SSSR count). The molecule has 5 heterocycles. The quantitative estimate of drug-likeness (QED) is 0.518. The number of fused-ring (bicyclic) bond motifs is 1. The van der Waals surface area contributed by atoms with Crippen LogP contribution in [0.15, 0.2) is 30.7 Å². The first-order valence-electron chi connectivity index (χ1n) is 12.6. The second-order valence-electron chi connectivity index (χ2n) is 11.2. The molecule has 1 spiro atoms. The van der Waals surface area contributed by atoms with Crippen LogP contribution in [-0.4, -0.2) is 68.9 Å². The Bertz CT molecular complexity index is 1360. The van der Waals surface area contributed by atoms with E-state index in [1.54, 1.807) is 23.4 Å². The average Bonchev–Trinajstić information content (AvgIpc) is 3.41. The molecule has 196 valence electrons. The van der Waals surface area contributed by atoms with Crippen molar-refractivity contribution in [3.05, 3.63) is 36.3 Å². The molecule has 8 nitrogen and oxygen atoms in total. The van der Waals surface area contributed by atoms with Gasteiger partial charge in [0.2, 0.25) is 5.95 Å². The molecule has 2 N–H and O–H groups in total. The highest BCUT2D eigenvalue weighted by molar-refractivity contribution is 5.96. The number of aliphatic hydroxyl groups excluding tert-OH is 1. The van der Waals surface area contributed by atoms with Crippen LogP contribution in [0.25, 0.3) is 10.8 Å². The van der Waals surface area contributed by atoms with Gasteiger partial charge in [0.15, 0.2) is 5.67 Å². The van der Waals surface area contributed by atoms with Crippen molar-refractivity contribution in [2.75, 3.05) is 41.3 Å². The number of nitrogens with zero attached hydrogens (tertiary/aromatic N) is 6. The molecule has 0 bridgehead atoms. The van der Waals surface area contributed by atoms with Crippen molar-refractivity contribution in [2.24, 2.45) is 5.41 Å². The van der Waals surface area contributed by atoms with Gasteiger partial charge in [-0.2, -0.15) is 4.98 Å². The van der Waals surface area contributed by atoms with Gasteiger partial charge in [-0.1, -0.05) is 13.8 Å². The maximum atomic E-state index is 14.7. The third kappa shape index (κ3) is 4.03. The number of hydrogen-bond donors (Lipinski definition) is 2. The van der Waals surface area contributed by atoms with E-state index in [0.29, 0.717) is 49.5 Å². The number of pyridine rings is 2. The van der Waals surface area contributed by atoms with E-state index in [1.807, 2.05) is 17.2 Å². The van der Waals surface area contributed by atoms with Gasteiger partial charge in [-0.05, 0) is 42.3 Å². The summed E-state index contributed by atoms with van der Waals surface area (Å²) in [5.74, 6) is -0.249. The molecule has 37 heavy (non-hydrogen) atoms. The molecule has 3 fully saturated rings. The van der Waals surface area contributed by atoms with Crippen LogP contribution in [0.2, 0.25) is 0 Å². The van der Waals surface area contributed by atoms with Crippen LogP contribution in [0.5, 0.6) is 0 Å². The summed E-state index contributed by atoms with van der Waals surface area (Å²) in [7, 11) is 0. The monoisotopic (exact) mass is 513 g/mol. The number of hydrogen-bond acceptors (Lipinski definition) is 8. The van der Waals surface area contributed by atoms with Crippen molar-refractivity contribution in [1.29, 1.82) is 0 Å². The first-order valence-corrected chi connectivity index (χ1v) is 12.6. The molecule has 3 aliphatic rings. The minimum Gasteiger partial charge on any atom is -0.390 e. The molecule has 3 aromatic rings. The fourth-order valence-electron chi connectivity index (χ4n) is 5.49. The first-order chi connectivity index (χ1) is 17.5. The van der Waals surface area contributed by atoms with Crippen molar-refractivity contribution in [2.45, 2.75) is 57.2 Å². The highest BCUT2D eigenvalue weighted by Gasteiger charge is 2.76. The van der Waals surface area contributed by atoms with E-state index >= 15 is 0 Å². The van der Waals surface area contributed by atoms with Crippen molar-refractivity contribution in [3.63, 3.8) is 0 Å². The molecule has 2 atom stereocenters. The van der Waals surface area contributed by atoms with E-state index < -0.39 is 23.1 Å². The standard InChI is InChI=1S/C26H30F3N7O/c1-15(2)17-9-32-22(36-13-25(14-36)11-26(25,28)29)18-10-31-21(8-16(17)18)33-20-4-6-30-23(34-20)35-7-5-19(37)24(3,27)12-35/h4,6,8-10,15,19,37H,5,7,11-14H2,1-3H3,(H,30,31,33,34)/t19-,24+/m1/s1. The smallest absolute Gasteiger partial charge is 0.258 e. The number of alkyl halides is 3. The minimum atomic E-state index is -2.57. The van der Waals surface area contributed by atoms with E-state index in [4.69, 9.17) is 0 Å². The van der Waals surface area contributed by atoms with Crippen LogP contribution >= 0.6 is 0 Å². The Morgan fingerprint density at radius 2 is 1.78 bits per heavy atom. The molecule has 2 saturated heterocycles. The van der Waals surface area contributed by atoms with Crippen LogP contribution in [0.4, 0.5) is 36.6 Å². The summed E-state index contributed by atoms with van der Waals surface area (Å²) in [4.78, 5) is 21.7.